The first-order valence-corrected chi connectivity index (χ1v) is 10.9. The second-order valence-corrected chi connectivity index (χ2v) is 8.62. The number of para-hydroxylation sites is 1. The molecule has 156 valence electrons. The average Bonchev–Trinajstić information content (AvgIpc) is 3.32. The van der Waals surface area contributed by atoms with Crippen molar-refractivity contribution in [3.63, 3.8) is 0 Å². The van der Waals surface area contributed by atoms with Crippen molar-refractivity contribution in [2.45, 2.75) is 13.3 Å². The van der Waals surface area contributed by atoms with Gasteiger partial charge < -0.3 is 4.98 Å². The third-order valence-corrected chi connectivity index (χ3v) is 5.80. The Balaban J connectivity index is 1.33. The molecule has 31 heavy (non-hydrogen) atoms. The van der Waals surface area contributed by atoms with Crippen LogP contribution in [0.4, 0.5) is 5.13 Å². The zero-order chi connectivity index (χ0) is 21.8. The summed E-state index contributed by atoms with van der Waals surface area (Å²) in [4.78, 5) is 27.7. The second kappa shape index (κ2) is 9.19. The fourth-order valence-electron chi connectivity index (χ4n) is 2.96. The Morgan fingerprint density at radius 2 is 1.94 bits per heavy atom. The van der Waals surface area contributed by atoms with Gasteiger partial charge in [0.25, 0.3) is 5.91 Å². The molecule has 2 aromatic heterocycles. The van der Waals surface area contributed by atoms with Gasteiger partial charge in [0.15, 0.2) is 0 Å². The van der Waals surface area contributed by atoms with Crippen molar-refractivity contribution < 1.29 is 9.59 Å². The molecule has 0 saturated carbocycles. The number of anilines is 1. The summed E-state index contributed by atoms with van der Waals surface area (Å²) in [5, 5.41) is 16.5. The van der Waals surface area contributed by atoms with Crippen LogP contribution in [0.1, 0.15) is 26.6 Å². The number of amides is 2. The number of hydrazone groups is 1. The third-order valence-electron chi connectivity index (χ3n) is 4.43. The van der Waals surface area contributed by atoms with Crippen LogP contribution in [0.2, 0.25) is 0 Å². The molecule has 4 aromatic rings. The van der Waals surface area contributed by atoms with Crippen molar-refractivity contribution in [1.82, 2.24) is 20.6 Å². The molecule has 0 spiro atoms. The number of benzene rings is 2. The maximum atomic E-state index is 12.2. The second-order valence-electron chi connectivity index (χ2n) is 6.64. The van der Waals surface area contributed by atoms with Crippen LogP contribution in [0.3, 0.4) is 0 Å². The SMILES string of the molecule is Cc1[nH]c2ccccc2c1/C=N\NC(=O)Cc1nnc(NC(=O)c2ccc(Br)cc2)s1. The van der Waals surface area contributed by atoms with Gasteiger partial charge in [0, 0.05) is 32.2 Å². The van der Waals surface area contributed by atoms with Crippen LogP contribution >= 0.6 is 27.3 Å². The maximum Gasteiger partial charge on any atom is 0.257 e. The predicted molar refractivity (Wildman–Crippen MR) is 124 cm³/mol. The highest BCUT2D eigenvalue weighted by Crippen LogP contribution is 2.20. The van der Waals surface area contributed by atoms with E-state index in [1.807, 2.05) is 31.2 Å². The van der Waals surface area contributed by atoms with Crippen molar-refractivity contribution in [3.05, 3.63) is 74.8 Å². The molecule has 0 saturated heterocycles. The zero-order valence-corrected chi connectivity index (χ0v) is 18.8. The Morgan fingerprint density at radius 1 is 1.16 bits per heavy atom. The summed E-state index contributed by atoms with van der Waals surface area (Å²) in [6, 6.07) is 14.8. The lowest BCUT2D eigenvalue weighted by molar-refractivity contribution is -0.120. The number of aryl methyl sites for hydroxylation is 1. The highest BCUT2D eigenvalue weighted by Gasteiger charge is 2.13. The fourth-order valence-corrected chi connectivity index (χ4v) is 3.95. The Bertz CT molecular complexity index is 1280. The first-order chi connectivity index (χ1) is 15.0. The zero-order valence-electron chi connectivity index (χ0n) is 16.3. The summed E-state index contributed by atoms with van der Waals surface area (Å²) >= 11 is 4.47. The van der Waals surface area contributed by atoms with Crippen LogP contribution in [0.15, 0.2) is 58.1 Å². The molecule has 0 aliphatic rings. The van der Waals surface area contributed by atoms with Crippen LogP contribution in [0, 0.1) is 6.92 Å². The number of nitrogens with zero attached hydrogens (tertiary/aromatic N) is 3. The molecule has 0 atom stereocenters. The number of hydrogen-bond donors (Lipinski definition) is 3. The summed E-state index contributed by atoms with van der Waals surface area (Å²) in [5.74, 6) is -0.617. The minimum absolute atomic E-state index is 0.00995. The average molecular weight is 497 g/mol. The molecule has 0 aliphatic carbocycles. The lowest BCUT2D eigenvalue weighted by Gasteiger charge is -2.00. The Labute approximate surface area is 189 Å². The van der Waals surface area contributed by atoms with Crippen LogP contribution in [-0.4, -0.2) is 33.2 Å². The number of aromatic nitrogens is 3. The van der Waals surface area contributed by atoms with Crippen LogP contribution in [0.25, 0.3) is 10.9 Å². The van der Waals surface area contributed by atoms with E-state index in [1.54, 1.807) is 30.5 Å². The van der Waals surface area contributed by atoms with E-state index in [4.69, 9.17) is 0 Å². The lowest BCUT2D eigenvalue weighted by atomic mass is 10.1. The van der Waals surface area contributed by atoms with Crippen molar-refractivity contribution >= 4 is 61.3 Å². The Kier molecular flexibility index (Phi) is 6.19. The summed E-state index contributed by atoms with van der Waals surface area (Å²) in [6.07, 6.45) is 1.63. The summed E-state index contributed by atoms with van der Waals surface area (Å²) < 4.78 is 0.885. The molecule has 0 fully saturated rings. The minimum Gasteiger partial charge on any atom is -0.358 e. The van der Waals surface area contributed by atoms with E-state index in [-0.39, 0.29) is 18.2 Å². The van der Waals surface area contributed by atoms with Gasteiger partial charge in [-0.05, 0) is 37.3 Å². The molecule has 4 rings (SSSR count). The van der Waals surface area contributed by atoms with Gasteiger partial charge in [-0.1, -0.05) is 45.5 Å². The molecule has 10 heteroatoms. The molecule has 0 aliphatic heterocycles. The van der Waals surface area contributed by atoms with Gasteiger partial charge in [-0.15, -0.1) is 10.2 Å². The number of rotatable bonds is 6. The van der Waals surface area contributed by atoms with E-state index >= 15 is 0 Å². The van der Waals surface area contributed by atoms with Crippen molar-refractivity contribution in [2.24, 2.45) is 5.10 Å². The standard InChI is InChI=1S/C21H17BrN6O2S/c1-12-16(15-4-2-3-5-17(15)24-12)11-23-26-18(29)10-19-27-28-21(31-19)25-20(30)13-6-8-14(22)9-7-13/h2-9,11,24H,10H2,1H3,(H,26,29)(H,25,28,30)/b23-11-. The van der Waals surface area contributed by atoms with Gasteiger partial charge in [-0.3, -0.25) is 14.9 Å². The first kappa shape index (κ1) is 20.9. The number of hydrogen-bond acceptors (Lipinski definition) is 6. The first-order valence-electron chi connectivity index (χ1n) is 9.28. The van der Waals surface area contributed by atoms with E-state index in [2.05, 4.69) is 47.0 Å². The molecule has 0 unspecified atom stereocenters. The van der Waals surface area contributed by atoms with Gasteiger partial charge in [0.1, 0.15) is 5.01 Å². The van der Waals surface area contributed by atoms with E-state index in [9.17, 15) is 9.59 Å². The van der Waals surface area contributed by atoms with Gasteiger partial charge in [0.2, 0.25) is 11.0 Å². The van der Waals surface area contributed by atoms with Crippen LogP contribution < -0.4 is 10.7 Å². The summed E-state index contributed by atoms with van der Waals surface area (Å²) in [5.41, 5.74) is 5.91. The molecular formula is C21H17BrN6O2S. The van der Waals surface area contributed by atoms with Crippen molar-refractivity contribution in [3.8, 4) is 0 Å². The number of fused-ring (bicyclic) bond motifs is 1. The summed E-state index contributed by atoms with van der Waals surface area (Å²) in [7, 11) is 0. The smallest absolute Gasteiger partial charge is 0.257 e. The van der Waals surface area contributed by atoms with E-state index < -0.39 is 0 Å². The van der Waals surface area contributed by atoms with E-state index in [0.29, 0.717) is 15.7 Å². The normalized spacial score (nSPS) is 11.2. The van der Waals surface area contributed by atoms with Gasteiger partial charge in [-0.25, -0.2) is 5.43 Å². The molecule has 0 bridgehead atoms. The maximum absolute atomic E-state index is 12.2. The largest absolute Gasteiger partial charge is 0.358 e. The molecule has 2 heterocycles. The van der Waals surface area contributed by atoms with Gasteiger partial charge in [-0.2, -0.15) is 5.10 Å². The van der Waals surface area contributed by atoms with Gasteiger partial charge in [0.05, 0.1) is 12.6 Å². The number of halogens is 1. The molecule has 0 radical (unpaired) electrons. The van der Waals surface area contributed by atoms with E-state index in [1.165, 1.54) is 0 Å². The third kappa shape index (κ3) is 5.04. The molecular weight excluding hydrogens is 480 g/mol. The highest BCUT2D eigenvalue weighted by atomic mass is 79.9. The topological polar surface area (TPSA) is 112 Å². The minimum atomic E-state index is -0.323. The molecule has 2 aromatic carbocycles. The predicted octanol–water partition coefficient (Wildman–Crippen LogP) is 4.04. The lowest BCUT2D eigenvalue weighted by Crippen LogP contribution is -2.19. The Morgan fingerprint density at radius 3 is 2.74 bits per heavy atom. The van der Waals surface area contributed by atoms with Crippen molar-refractivity contribution in [2.75, 3.05) is 5.32 Å². The number of H-pyrrole nitrogens is 1. The van der Waals surface area contributed by atoms with Crippen LogP contribution in [-0.2, 0) is 11.2 Å². The Hall–Kier alpha value is -3.37. The number of carbonyl (C=O) groups is 2. The monoisotopic (exact) mass is 496 g/mol. The van der Waals surface area contributed by atoms with E-state index in [0.717, 1.165) is 38.0 Å². The fraction of sp³-hybridized carbons (Fsp3) is 0.0952. The number of nitrogens with one attached hydrogen (secondary N) is 3. The van der Waals surface area contributed by atoms with Crippen LogP contribution in [0.5, 0.6) is 0 Å². The highest BCUT2D eigenvalue weighted by molar-refractivity contribution is 9.10. The molecule has 2 amide bonds. The molecule has 8 nitrogen and oxygen atoms in total. The summed E-state index contributed by atoms with van der Waals surface area (Å²) in [6.45, 7) is 1.95. The quantitative estimate of drug-likeness (QED) is 0.276. The number of carbonyl (C=O) groups excluding carboxylic acids is 2. The van der Waals surface area contributed by atoms with Crippen molar-refractivity contribution in [1.29, 1.82) is 0 Å². The number of aromatic amines is 1. The van der Waals surface area contributed by atoms with Gasteiger partial charge >= 0.3 is 0 Å². The molecule has 3 N–H and O–H groups in total.